The van der Waals surface area contributed by atoms with Gasteiger partial charge in [0, 0.05) is 7.05 Å². The fourth-order valence-electron chi connectivity index (χ4n) is 1.85. The molecule has 7 heteroatoms. The SMILES string of the molecule is Cc1nn(C)c(C)c1NC(=O)Cn1ncc(Cl)c1C. The Morgan fingerprint density at radius 2 is 2.05 bits per heavy atom. The van der Waals surface area contributed by atoms with Crippen LogP contribution in [0, 0.1) is 20.8 Å². The summed E-state index contributed by atoms with van der Waals surface area (Å²) < 4.78 is 3.31. The Bertz CT molecular complexity index is 628. The fraction of sp³-hybridized carbons (Fsp3) is 0.417. The lowest BCUT2D eigenvalue weighted by molar-refractivity contribution is -0.116. The second kappa shape index (κ2) is 5.05. The number of rotatable bonds is 3. The third-order valence-electron chi connectivity index (χ3n) is 3.11. The number of nitrogens with zero attached hydrogens (tertiary/aromatic N) is 4. The van der Waals surface area contributed by atoms with E-state index in [0.717, 1.165) is 22.8 Å². The molecule has 19 heavy (non-hydrogen) atoms. The summed E-state index contributed by atoms with van der Waals surface area (Å²) in [5.41, 5.74) is 3.24. The third kappa shape index (κ3) is 2.63. The first-order valence-electron chi connectivity index (χ1n) is 5.88. The lowest BCUT2D eigenvalue weighted by atomic mass is 10.3. The quantitative estimate of drug-likeness (QED) is 0.933. The standard InChI is InChI=1S/C12H16ClN5O/c1-7-12(9(3)17(4)16-7)15-11(19)6-18-8(2)10(13)5-14-18/h5H,6H2,1-4H3,(H,15,19). The highest BCUT2D eigenvalue weighted by Crippen LogP contribution is 2.18. The summed E-state index contributed by atoms with van der Waals surface area (Å²) in [6, 6.07) is 0. The van der Waals surface area contributed by atoms with Crippen LogP contribution in [0.3, 0.4) is 0 Å². The molecule has 0 aromatic carbocycles. The maximum atomic E-state index is 12.0. The minimum absolute atomic E-state index is 0.131. The Morgan fingerprint density at radius 1 is 1.37 bits per heavy atom. The molecular weight excluding hydrogens is 266 g/mol. The van der Waals surface area contributed by atoms with Gasteiger partial charge in [0.05, 0.1) is 34.0 Å². The minimum atomic E-state index is -0.151. The maximum absolute atomic E-state index is 12.0. The van der Waals surface area contributed by atoms with Crippen LogP contribution in [0.5, 0.6) is 0 Å². The molecular formula is C12H16ClN5O. The van der Waals surface area contributed by atoms with Gasteiger partial charge in [0.2, 0.25) is 5.91 Å². The molecule has 2 heterocycles. The molecule has 0 unspecified atom stereocenters. The predicted octanol–water partition coefficient (Wildman–Crippen LogP) is 1.83. The van der Waals surface area contributed by atoms with Gasteiger partial charge in [0.25, 0.3) is 0 Å². The number of hydrogen-bond acceptors (Lipinski definition) is 3. The Balaban J connectivity index is 2.12. The summed E-state index contributed by atoms with van der Waals surface area (Å²) in [7, 11) is 1.84. The summed E-state index contributed by atoms with van der Waals surface area (Å²) in [5.74, 6) is -0.151. The zero-order valence-electron chi connectivity index (χ0n) is 11.4. The van der Waals surface area contributed by atoms with Gasteiger partial charge in [0.1, 0.15) is 6.54 Å². The molecule has 1 amide bonds. The molecule has 0 saturated carbocycles. The monoisotopic (exact) mass is 281 g/mol. The molecule has 2 aromatic rings. The van der Waals surface area contributed by atoms with Crippen molar-refractivity contribution in [3.63, 3.8) is 0 Å². The Labute approximate surface area is 116 Å². The van der Waals surface area contributed by atoms with Crippen LogP contribution in [-0.4, -0.2) is 25.5 Å². The average molecular weight is 282 g/mol. The van der Waals surface area contributed by atoms with Crippen molar-refractivity contribution >= 4 is 23.2 Å². The second-order valence-electron chi connectivity index (χ2n) is 4.45. The van der Waals surface area contributed by atoms with E-state index in [4.69, 9.17) is 11.6 Å². The molecule has 2 rings (SSSR count). The number of hydrogen-bond donors (Lipinski definition) is 1. The largest absolute Gasteiger partial charge is 0.321 e. The summed E-state index contributed by atoms with van der Waals surface area (Å²) >= 11 is 5.90. The number of nitrogens with one attached hydrogen (secondary N) is 1. The number of halogens is 1. The van der Waals surface area contributed by atoms with Crippen molar-refractivity contribution in [2.24, 2.45) is 7.05 Å². The Kier molecular flexibility index (Phi) is 3.61. The van der Waals surface area contributed by atoms with E-state index in [1.165, 1.54) is 6.20 Å². The smallest absolute Gasteiger partial charge is 0.246 e. The molecule has 0 spiro atoms. The zero-order valence-corrected chi connectivity index (χ0v) is 12.1. The summed E-state index contributed by atoms with van der Waals surface area (Å²) in [6.07, 6.45) is 1.53. The molecule has 0 aliphatic rings. The van der Waals surface area contributed by atoms with Gasteiger partial charge in [0.15, 0.2) is 0 Å². The molecule has 0 radical (unpaired) electrons. The molecule has 0 aliphatic carbocycles. The van der Waals surface area contributed by atoms with Gasteiger partial charge in [-0.1, -0.05) is 11.6 Å². The molecule has 0 fully saturated rings. The molecule has 0 aliphatic heterocycles. The van der Waals surface area contributed by atoms with E-state index in [0.29, 0.717) is 5.02 Å². The highest BCUT2D eigenvalue weighted by Gasteiger charge is 2.14. The number of amides is 1. The van der Waals surface area contributed by atoms with Crippen molar-refractivity contribution in [3.05, 3.63) is 28.3 Å². The van der Waals surface area contributed by atoms with Gasteiger partial charge >= 0.3 is 0 Å². The Hall–Kier alpha value is -1.82. The molecule has 0 bridgehead atoms. The van der Waals surface area contributed by atoms with E-state index in [1.54, 1.807) is 9.36 Å². The molecule has 102 valence electrons. The van der Waals surface area contributed by atoms with E-state index >= 15 is 0 Å². The van der Waals surface area contributed by atoms with Crippen LogP contribution in [-0.2, 0) is 18.4 Å². The third-order valence-corrected chi connectivity index (χ3v) is 3.48. The van der Waals surface area contributed by atoms with Crippen LogP contribution in [0.4, 0.5) is 5.69 Å². The van der Waals surface area contributed by atoms with Gasteiger partial charge in [-0.2, -0.15) is 10.2 Å². The van der Waals surface area contributed by atoms with Crippen molar-refractivity contribution in [1.29, 1.82) is 0 Å². The Morgan fingerprint density at radius 3 is 2.53 bits per heavy atom. The van der Waals surface area contributed by atoms with E-state index in [9.17, 15) is 4.79 Å². The zero-order chi connectivity index (χ0) is 14.2. The highest BCUT2D eigenvalue weighted by molar-refractivity contribution is 6.31. The van der Waals surface area contributed by atoms with E-state index in [-0.39, 0.29) is 12.5 Å². The topological polar surface area (TPSA) is 64.7 Å². The van der Waals surface area contributed by atoms with Gasteiger partial charge in [-0.25, -0.2) is 0 Å². The molecule has 0 atom stereocenters. The summed E-state index contributed by atoms with van der Waals surface area (Å²) in [5, 5.41) is 11.7. The van der Waals surface area contributed by atoms with Crippen LogP contribution in [0.1, 0.15) is 17.1 Å². The average Bonchev–Trinajstić information content (AvgIpc) is 2.77. The number of anilines is 1. The lowest BCUT2D eigenvalue weighted by Gasteiger charge is -2.07. The van der Waals surface area contributed by atoms with Crippen LogP contribution in [0.2, 0.25) is 5.02 Å². The first-order valence-corrected chi connectivity index (χ1v) is 6.26. The first kappa shape index (κ1) is 13.6. The molecule has 2 aromatic heterocycles. The molecule has 1 N–H and O–H groups in total. The van der Waals surface area contributed by atoms with E-state index in [2.05, 4.69) is 15.5 Å². The summed E-state index contributed by atoms with van der Waals surface area (Å²) in [4.78, 5) is 12.0. The minimum Gasteiger partial charge on any atom is -0.321 e. The van der Waals surface area contributed by atoms with Crippen molar-refractivity contribution in [2.75, 3.05) is 5.32 Å². The maximum Gasteiger partial charge on any atom is 0.246 e. The van der Waals surface area contributed by atoms with Crippen LogP contribution in [0.25, 0.3) is 0 Å². The first-order chi connectivity index (χ1) is 8.90. The number of aromatic nitrogens is 4. The second-order valence-corrected chi connectivity index (χ2v) is 4.86. The lowest BCUT2D eigenvalue weighted by Crippen LogP contribution is -2.20. The van der Waals surface area contributed by atoms with Gasteiger partial charge in [-0.15, -0.1) is 0 Å². The number of carbonyl (C=O) groups excluding carboxylic acids is 1. The predicted molar refractivity (Wildman–Crippen MR) is 73.3 cm³/mol. The van der Waals surface area contributed by atoms with Crippen molar-refractivity contribution in [1.82, 2.24) is 19.6 Å². The van der Waals surface area contributed by atoms with E-state index in [1.807, 2.05) is 27.8 Å². The van der Waals surface area contributed by atoms with Gasteiger partial charge in [-0.3, -0.25) is 14.2 Å². The highest BCUT2D eigenvalue weighted by atomic mass is 35.5. The number of aryl methyl sites for hydroxylation is 2. The van der Waals surface area contributed by atoms with Crippen LogP contribution >= 0.6 is 11.6 Å². The molecule has 6 nitrogen and oxygen atoms in total. The van der Waals surface area contributed by atoms with Gasteiger partial charge in [-0.05, 0) is 20.8 Å². The van der Waals surface area contributed by atoms with Crippen LogP contribution < -0.4 is 5.32 Å². The van der Waals surface area contributed by atoms with Crippen molar-refractivity contribution < 1.29 is 4.79 Å². The molecule has 0 saturated heterocycles. The number of carbonyl (C=O) groups is 1. The van der Waals surface area contributed by atoms with Crippen molar-refractivity contribution in [3.8, 4) is 0 Å². The summed E-state index contributed by atoms with van der Waals surface area (Å²) in [6.45, 7) is 5.72. The van der Waals surface area contributed by atoms with Gasteiger partial charge < -0.3 is 5.32 Å². The normalized spacial score (nSPS) is 10.8. The van der Waals surface area contributed by atoms with E-state index < -0.39 is 0 Å². The fourth-order valence-corrected chi connectivity index (χ4v) is 1.99. The van der Waals surface area contributed by atoms with Crippen molar-refractivity contribution in [2.45, 2.75) is 27.3 Å². The van der Waals surface area contributed by atoms with Crippen LogP contribution in [0.15, 0.2) is 6.20 Å².